The van der Waals surface area contributed by atoms with Crippen molar-refractivity contribution in [1.82, 2.24) is 0 Å². The molecule has 0 aliphatic heterocycles. The molecule has 0 nitrogen and oxygen atoms in total. The van der Waals surface area contributed by atoms with Crippen LogP contribution < -0.4 is 5.30 Å². The van der Waals surface area contributed by atoms with Crippen molar-refractivity contribution in [2.24, 2.45) is 0 Å². The first-order valence-electron chi connectivity index (χ1n) is 10.4. The molecule has 25 heavy (non-hydrogen) atoms. The molecule has 0 saturated heterocycles. The van der Waals surface area contributed by atoms with Crippen molar-refractivity contribution < 1.29 is 0 Å². The quantitative estimate of drug-likeness (QED) is 0.515. The summed E-state index contributed by atoms with van der Waals surface area (Å²) in [5.74, 6) is 0. The highest BCUT2D eigenvalue weighted by atomic mass is 31.1. The molecule has 2 saturated carbocycles. The molecule has 0 spiro atoms. The van der Waals surface area contributed by atoms with E-state index in [0.29, 0.717) is 0 Å². The minimum Gasteiger partial charge on any atom is -0.0689 e. The van der Waals surface area contributed by atoms with Crippen LogP contribution in [0.2, 0.25) is 0 Å². The summed E-state index contributed by atoms with van der Waals surface area (Å²) in [6.07, 6.45) is 14.7. The standard InChI is InChI=1S/C24H31P/c1-4-11-20(12-5-1)21-13-10-18-24(19-21)25(22-14-6-2-7-15-22)23-16-8-3-9-17-23/h1,4-5,10-13,18-19,22-23H,2-3,6-9,14-17H2. The summed E-state index contributed by atoms with van der Waals surface area (Å²) in [4.78, 5) is 0. The molecule has 0 bridgehead atoms. The summed E-state index contributed by atoms with van der Waals surface area (Å²) in [6.45, 7) is 0. The zero-order valence-electron chi connectivity index (χ0n) is 15.4. The Morgan fingerprint density at radius 1 is 0.560 bits per heavy atom. The van der Waals surface area contributed by atoms with E-state index in [1.807, 2.05) is 0 Å². The molecule has 0 N–H and O–H groups in total. The number of hydrogen-bond acceptors (Lipinski definition) is 0. The van der Waals surface area contributed by atoms with Crippen LogP contribution in [-0.4, -0.2) is 11.3 Å². The molecule has 2 aliphatic rings. The molecular formula is C24H31P. The summed E-state index contributed by atoms with van der Waals surface area (Å²) < 4.78 is 0. The second-order valence-corrected chi connectivity index (χ2v) is 10.7. The van der Waals surface area contributed by atoms with E-state index in [2.05, 4.69) is 54.6 Å². The lowest BCUT2D eigenvalue weighted by Gasteiger charge is -2.39. The normalized spacial score (nSPS) is 20.0. The number of hydrogen-bond donors (Lipinski definition) is 0. The van der Waals surface area contributed by atoms with E-state index in [1.165, 1.54) is 75.3 Å². The molecule has 2 aromatic carbocycles. The molecular weight excluding hydrogens is 319 g/mol. The van der Waals surface area contributed by atoms with E-state index in [1.54, 1.807) is 5.30 Å². The van der Waals surface area contributed by atoms with Crippen molar-refractivity contribution >= 4 is 13.2 Å². The van der Waals surface area contributed by atoms with Crippen LogP contribution >= 0.6 is 7.92 Å². The van der Waals surface area contributed by atoms with Crippen LogP contribution in [0.5, 0.6) is 0 Å². The van der Waals surface area contributed by atoms with Gasteiger partial charge in [0.1, 0.15) is 0 Å². The van der Waals surface area contributed by atoms with Gasteiger partial charge in [0.05, 0.1) is 0 Å². The van der Waals surface area contributed by atoms with Crippen LogP contribution in [0.4, 0.5) is 0 Å². The summed E-state index contributed by atoms with van der Waals surface area (Å²) in [7, 11) is 0.00133. The van der Waals surface area contributed by atoms with Crippen LogP contribution in [-0.2, 0) is 0 Å². The van der Waals surface area contributed by atoms with Gasteiger partial charge in [-0.1, -0.05) is 95.0 Å². The predicted octanol–water partition coefficient (Wildman–Crippen LogP) is 7.13. The van der Waals surface area contributed by atoms with E-state index in [9.17, 15) is 0 Å². The van der Waals surface area contributed by atoms with Gasteiger partial charge in [-0.15, -0.1) is 0 Å². The van der Waals surface area contributed by atoms with Crippen molar-refractivity contribution in [3.8, 4) is 11.1 Å². The SMILES string of the molecule is c1ccc(-c2cccc(P(C3CCCCC3)C3CCCCC3)c2)cc1. The lowest BCUT2D eigenvalue weighted by Crippen LogP contribution is -2.26. The summed E-state index contributed by atoms with van der Waals surface area (Å²) in [5.41, 5.74) is 4.75. The maximum atomic E-state index is 2.55. The third-order valence-electron chi connectivity index (χ3n) is 6.19. The molecule has 2 fully saturated rings. The Morgan fingerprint density at radius 3 is 1.72 bits per heavy atom. The molecule has 0 atom stereocenters. The maximum absolute atomic E-state index is 2.55. The van der Waals surface area contributed by atoms with Gasteiger partial charge in [-0.05, 0) is 59.5 Å². The zero-order chi connectivity index (χ0) is 16.9. The topological polar surface area (TPSA) is 0 Å². The highest BCUT2D eigenvalue weighted by molar-refractivity contribution is 7.67. The van der Waals surface area contributed by atoms with Crippen LogP contribution in [0.3, 0.4) is 0 Å². The Morgan fingerprint density at radius 2 is 1.12 bits per heavy atom. The second kappa shape index (κ2) is 8.50. The van der Waals surface area contributed by atoms with Crippen molar-refractivity contribution in [2.75, 3.05) is 0 Å². The molecule has 1 heteroatoms. The van der Waals surface area contributed by atoms with Crippen molar-refractivity contribution in [2.45, 2.75) is 75.5 Å². The average Bonchev–Trinajstić information content (AvgIpc) is 2.71. The molecule has 0 unspecified atom stereocenters. The Hall–Kier alpha value is -1.13. The predicted molar refractivity (Wildman–Crippen MR) is 112 cm³/mol. The first-order valence-corrected chi connectivity index (χ1v) is 11.8. The van der Waals surface area contributed by atoms with E-state index >= 15 is 0 Å². The fourth-order valence-corrected chi connectivity index (χ4v) is 8.74. The highest BCUT2D eigenvalue weighted by Gasteiger charge is 2.32. The Bertz CT molecular complexity index is 633. The average molecular weight is 350 g/mol. The molecule has 0 aromatic heterocycles. The molecule has 0 heterocycles. The van der Waals surface area contributed by atoms with Gasteiger partial charge in [0, 0.05) is 0 Å². The third-order valence-corrected chi connectivity index (χ3v) is 9.67. The van der Waals surface area contributed by atoms with Gasteiger partial charge in [-0.2, -0.15) is 0 Å². The van der Waals surface area contributed by atoms with Gasteiger partial charge in [0.2, 0.25) is 0 Å². The monoisotopic (exact) mass is 350 g/mol. The van der Waals surface area contributed by atoms with Gasteiger partial charge in [0.15, 0.2) is 0 Å². The second-order valence-electron chi connectivity index (χ2n) is 7.91. The lowest BCUT2D eigenvalue weighted by molar-refractivity contribution is 0.487. The minimum absolute atomic E-state index is 0.00133. The molecule has 0 radical (unpaired) electrons. The third kappa shape index (κ3) is 4.17. The van der Waals surface area contributed by atoms with Crippen molar-refractivity contribution in [3.05, 3.63) is 54.6 Å². The maximum Gasteiger partial charge on any atom is -0.0166 e. The molecule has 2 aliphatic carbocycles. The highest BCUT2D eigenvalue weighted by Crippen LogP contribution is 2.55. The van der Waals surface area contributed by atoms with Crippen LogP contribution in [0.15, 0.2) is 54.6 Å². The Labute approximate surface area is 154 Å². The van der Waals surface area contributed by atoms with Crippen LogP contribution in [0, 0.1) is 0 Å². The lowest BCUT2D eigenvalue weighted by atomic mass is 9.99. The van der Waals surface area contributed by atoms with Gasteiger partial charge in [0.25, 0.3) is 0 Å². The summed E-state index contributed by atoms with van der Waals surface area (Å²) >= 11 is 0. The smallest absolute Gasteiger partial charge is 0.0166 e. The number of benzene rings is 2. The minimum atomic E-state index is 0.00133. The zero-order valence-corrected chi connectivity index (χ0v) is 16.3. The molecule has 132 valence electrons. The Balaban J connectivity index is 1.66. The van der Waals surface area contributed by atoms with Crippen molar-refractivity contribution in [1.29, 1.82) is 0 Å². The Kier molecular flexibility index (Phi) is 5.88. The largest absolute Gasteiger partial charge is 0.0689 e. The molecule has 4 rings (SSSR count). The van der Waals surface area contributed by atoms with Crippen LogP contribution in [0.1, 0.15) is 64.2 Å². The van der Waals surface area contributed by atoms with E-state index in [0.717, 1.165) is 11.3 Å². The molecule has 2 aromatic rings. The van der Waals surface area contributed by atoms with Gasteiger partial charge in [-0.3, -0.25) is 0 Å². The van der Waals surface area contributed by atoms with Gasteiger partial charge in [-0.25, -0.2) is 0 Å². The van der Waals surface area contributed by atoms with Gasteiger partial charge < -0.3 is 0 Å². The first kappa shape index (κ1) is 17.3. The van der Waals surface area contributed by atoms with E-state index in [4.69, 9.17) is 0 Å². The van der Waals surface area contributed by atoms with E-state index in [-0.39, 0.29) is 7.92 Å². The summed E-state index contributed by atoms with van der Waals surface area (Å²) in [6, 6.07) is 20.6. The fraction of sp³-hybridized carbons (Fsp3) is 0.500. The van der Waals surface area contributed by atoms with Crippen LogP contribution in [0.25, 0.3) is 11.1 Å². The fourth-order valence-electron chi connectivity index (χ4n) is 4.91. The van der Waals surface area contributed by atoms with Gasteiger partial charge >= 0.3 is 0 Å². The number of rotatable bonds is 4. The van der Waals surface area contributed by atoms with Crippen molar-refractivity contribution in [3.63, 3.8) is 0 Å². The summed E-state index contributed by atoms with van der Waals surface area (Å²) in [5, 5.41) is 1.69. The molecule has 0 amide bonds. The van der Waals surface area contributed by atoms with E-state index < -0.39 is 0 Å². The first-order chi connectivity index (χ1) is 12.4.